The number of nitrogens with one attached hydrogen (secondary N) is 2. The maximum Gasteiger partial charge on any atom is 0.251 e. The largest absolute Gasteiger partial charge is 0.378 e. The minimum atomic E-state index is -0.0660. The Bertz CT molecular complexity index is 545. The van der Waals surface area contributed by atoms with Gasteiger partial charge in [0.2, 0.25) is 0 Å². The molecule has 0 saturated heterocycles. The van der Waals surface area contributed by atoms with Crippen molar-refractivity contribution in [3.8, 4) is 0 Å². The Morgan fingerprint density at radius 1 is 1.32 bits per heavy atom. The molecular weight excluding hydrogens is 240 g/mol. The second kappa shape index (κ2) is 6.04. The summed E-state index contributed by atoms with van der Waals surface area (Å²) in [5.41, 5.74) is 2.79. The van der Waals surface area contributed by atoms with Gasteiger partial charge in [-0.05, 0) is 24.6 Å². The van der Waals surface area contributed by atoms with Crippen LogP contribution < -0.4 is 10.6 Å². The fraction of sp³-hybridized carbons (Fsp3) is 0.286. The molecule has 5 nitrogen and oxygen atoms in total. The molecule has 1 heterocycles. The van der Waals surface area contributed by atoms with Crippen LogP contribution in [0.25, 0.3) is 0 Å². The molecule has 2 N–H and O–H groups in total. The monoisotopic (exact) mass is 258 g/mol. The molecule has 0 aliphatic rings. The van der Waals surface area contributed by atoms with Gasteiger partial charge in [-0.25, -0.2) is 0 Å². The van der Waals surface area contributed by atoms with E-state index < -0.39 is 0 Å². The highest BCUT2D eigenvalue weighted by Crippen LogP contribution is 2.09. The van der Waals surface area contributed by atoms with Gasteiger partial charge in [0.05, 0.1) is 11.9 Å². The fourth-order valence-corrected chi connectivity index (χ4v) is 1.75. The summed E-state index contributed by atoms with van der Waals surface area (Å²) in [6, 6.07) is 7.54. The van der Waals surface area contributed by atoms with E-state index in [-0.39, 0.29) is 5.91 Å². The number of amides is 1. The Morgan fingerprint density at radius 3 is 2.63 bits per heavy atom. The van der Waals surface area contributed by atoms with E-state index in [9.17, 15) is 4.79 Å². The summed E-state index contributed by atoms with van der Waals surface area (Å²) in [4.78, 5) is 11.4. The number of aromatic nitrogens is 2. The maximum absolute atomic E-state index is 11.4. The number of anilines is 1. The predicted octanol–water partition coefficient (Wildman–Crippen LogP) is 1.87. The van der Waals surface area contributed by atoms with Crippen LogP contribution in [0.5, 0.6) is 0 Å². The number of rotatable bonds is 5. The van der Waals surface area contributed by atoms with E-state index in [4.69, 9.17) is 0 Å². The van der Waals surface area contributed by atoms with E-state index in [2.05, 4.69) is 15.7 Å². The lowest BCUT2D eigenvalue weighted by Gasteiger charge is -2.05. The van der Waals surface area contributed by atoms with E-state index in [1.165, 1.54) is 0 Å². The molecule has 2 aromatic rings. The smallest absolute Gasteiger partial charge is 0.251 e. The molecule has 5 heteroatoms. The molecule has 0 saturated carbocycles. The highest BCUT2D eigenvalue weighted by molar-refractivity contribution is 5.93. The highest BCUT2D eigenvalue weighted by atomic mass is 16.1. The number of benzene rings is 1. The van der Waals surface area contributed by atoms with Crippen LogP contribution >= 0.6 is 0 Å². The van der Waals surface area contributed by atoms with E-state index in [0.717, 1.165) is 17.8 Å². The predicted molar refractivity (Wildman–Crippen MR) is 75.1 cm³/mol. The Balaban J connectivity index is 1.94. The second-order valence-electron chi connectivity index (χ2n) is 4.21. The zero-order valence-electron chi connectivity index (χ0n) is 11.2. The van der Waals surface area contributed by atoms with Crippen molar-refractivity contribution in [3.63, 3.8) is 0 Å². The Hall–Kier alpha value is -2.30. The number of nitrogens with zero attached hydrogens (tertiary/aromatic N) is 2. The van der Waals surface area contributed by atoms with Gasteiger partial charge in [-0.2, -0.15) is 5.10 Å². The summed E-state index contributed by atoms with van der Waals surface area (Å²) in [5, 5.41) is 10.1. The van der Waals surface area contributed by atoms with Crippen molar-refractivity contribution in [3.05, 3.63) is 47.8 Å². The maximum atomic E-state index is 11.4. The third-order valence-corrected chi connectivity index (χ3v) is 2.90. The van der Waals surface area contributed by atoms with Crippen LogP contribution in [0, 0.1) is 0 Å². The molecule has 0 radical (unpaired) electrons. The van der Waals surface area contributed by atoms with Gasteiger partial charge in [-0.3, -0.25) is 9.48 Å². The highest BCUT2D eigenvalue weighted by Gasteiger charge is 2.02. The summed E-state index contributed by atoms with van der Waals surface area (Å²) < 4.78 is 1.87. The van der Waals surface area contributed by atoms with Crippen molar-refractivity contribution in [1.82, 2.24) is 15.1 Å². The summed E-state index contributed by atoms with van der Waals surface area (Å²) in [6.45, 7) is 3.63. The Morgan fingerprint density at radius 2 is 2.05 bits per heavy atom. The SMILES string of the molecule is CCn1cc(NCc2ccc(C(=O)NC)cc2)cn1. The molecule has 0 aliphatic heterocycles. The average Bonchev–Trinajstić information content (AvgIpc) is 2.93. The van der Waals surface area contributed by atoms with E-state index >= 15 is 0 Å². The minimum absolute atomic E-state index is 0.0660. The van der Waals surface area contributed by atoms with E-state index in [1.807, 2.05) is 48.3 Å². The zero-order valence-corrected chi connectivity index (χ0v) is 11.2. The van der Waals surface area contributed by atoms with E-state index in [1.54, 1.807) is 7.05 Å². The lowest BCUT2D eigenvalue weighted by Crippen LogP contribution is -2.17. The first-order valence-corrected chi connectivity index (χ1v) is 6.30. The second-order valence-corrected chi connectivity index (χ2v) is 4.21. The van der Waals surface area contributed by atoms with Crippen molar-refractivity contribution in [2.24, 2.45) is 0 Å². The third-order valence-electron chi connectivity index (χ3n) is 2.90. The number of carbonyl (C=O) groups excluding carboxylic acids is 1. The molecule has 2 rings (SSSR count). The summed E-state index contributed by atoms with van der Waals surface area (Å²) in [5.74, 6) is -0.0660. The first kappa shape index (κ1) is 13.1. The van der Waals surface area contributed by atoms with Gasteiger partial charge in [0.15, 0.2) is 0 Å². The molecular formula is C14H18N4O. The van der Waals surface area contributed by atoms with Crippen LogP contribution in [-0.4, -0.2) is 22.7 Å². The lowest BCUT2D eigenvalue weighted by molar-refractivity contribution is 0.0963. The number of carbonyl (C=O) groups is 1. The molecule has 0 fully saturated rings. The van der Waals surface area contributed by atoms with Crippen molar-refractivity contribution >= 4 is 11.6 Å². The first-order valence-electron chi connectivity index (χ1n) is 6.30. The van der Waals surface area contributed by atoms with Gasteiger partial charge in [0.25, 0.3) is 5.91 Å². The van der Waals surface area contributed by atoms with Crippen molar-refractivity contribution in [2.45, 2.75) is 20.0 Å². The standard InChI is InChI=1S/C14H18N4O/c1-3-18-10-13(9-17-18)16-8-11-4-6-12(7-5-11)14(19)15-2/h4-7,9-10,16H,3,8H2,1-2H3,(H,15,19). The van der Waals surface area contributed by atoms with Gasteiger partial charge in [0.1, 0.15) is 0 Å². The third kappa shape index (κ3) is 3.34. The number of hydrogen-bond acceptors (Lipinski definition) is 3. The van der Waals surface area contributed by atoms with Crippen molar-refractivity contribution < 1.29 is 4.79 Å². The van der Waals surface area contributed by atoms with Crippen LogP contribution in [0.15, 0.2) is 36.7 Å². The van der Waals surface area contributed by atoms with Crippen LogP contribution in [-0.2, 0) is 13.1 Å². The van der Waals surface area contributed by atoms with Crippen LogP contribution in [0.2, 0.25) is 0 Å². The van der Waals surface area contributed by atoms with Crippen molar-refractivity contribution in [1.29, 1.82) is 0 Å². The van der Waals surface area contributed by atoms with Crippen LogP contribution in [0.3, 0.4) is 0 Å². The summed E-state index contributed by atoms with van der Waals surface area (Å²) in [6.07, 6.45) is 3.78. The minimum Gasteiger partial charge on any atom is -0.378 e. The Kier molecular flexibility index (Phi) is 4.18. The van der Waals surface area contributed by atoms with Crippen molar-refractivity contribution in [2.75, 3.05) is 12.4 Å². The van der Waals surface area contributed by atoms with Crippen LogP contribution in [0.1, 0.15) is 22.8 Å². The topological polar surface area (TPSA) is 59.0 Å². The lowest BCUT2D eigenvalue weighted by atomic mass is 10.1. The molecule has 1 aromatic heterocycles. The summed E-state index contributed by atoms with van der Waals surface area (Å²) >= 11 is 0. The number of aryl methyl sites for hydroxylation is 1. The molecule has 1 amide bonds. The average molecular weight is 258 g/mol. The first-order chi connectivity index (χ1) is 9.22. The normalized spacial score (nSPS) is 10.2. The van der Waals surface area contributed by atoms with Gasteiger partial charge >= 0.3 is 0 Å². The molecule has 0 unspecified atom stereocenters. The van der Waals surface area contributed by atoms with Gasteiger partial charge in [-0.1, -0.05) is 12.1 Å². The van der Waals surface area contributed by atoms with Crippen LogP contribution in [0.4, 0.5) is 5.69 Å². The van der Waals surface area contributed by atoms with E-state index in [0.29, 0.717) is 12.1 Å². The number of hydrogen-bond donors (Lipinski definition) is 2. The zero-order chi connectivity index (χ0) is 13.7. The Labute approximate surface area is 112 Å². The molecule has 19 heavy (non-hydrogen) atoms. The fourth-order valence-electron chi connectivity index (χ4n) is 1.75. The van der Waals surface area contributed by atoms with Gasteiger partial charge in [-0.15, -0.1) is 0 Å². The van der Waals surface area contributed by atoms with Gasteiger partial charge in [0, 0.05) is 31.9 Å². The molecule has 0 spiro atoms. The molecule has 0 aliphatic carbocycles. The van der Waals surface area contributed by atoms with Gasteiger partial charge < -0.3 is 10.6 Å². The molecule has 0 atom stereocenters. The molecule has 100 valence electrons. The quantitative estimate of drug-likeness (QED) is 0.860. The molecule has 0 bridgehead atoms. The summed E-state index contributed by atoms with van der Waals surface area (Å²) in [7, 11) is 1.63. The molecule has 1 aromatic carbocycles.